The number of carbonyl (C=O) groups is 3. The summed E-state index contributed by atoms with van der Waals surface area (Å²) in [7, 11) is 0. The molecule has 0 aliphatic carbocycles. The molecule has 1 fully saturated rings. The quantitative estimate of drug-likeness (QED) is 0.462. The molecule has 0 spiro atoms. The van der Waals surface area contributed by atoms with Gasteiger partial charge in [-0.15, -0.1) is 12.6 Å². The Labute approximate surface area is 180 Å². The number of thiol groups is 1. The summed E-state index contributed by atoms with van der Waals surface area (Å²) in [6, 6.07) is 4.91. The average molecular weight is 444 g/mol. The van der Waals surface area contributed by atoms with Gasteiger partial charge in [0.25, 0.3) is 5.91 Å². The van der Waals surface area contributed by atoms with Gasteiger partial charge in [-0.1, -0.05) is 32.9 Å². The summed E-state index contributed by atoms with van der Waals surface area (Å²) in [6.07, 6.45) is -1.62. The number of nitrogens with zero attached hydrogens (tertiary/aromatic N) is 1. The molecular weight excluding hydrogens is 415 g/mol. The van der Waals surface area contributed by atoms with Crippen molar-refractivity contribution in [1.29, 1.82) is 0 Å². The zero-order valence-corrected chi connectivity index (χ0v) is 18.4. The number of likely N-dealkylation sites (tertiary alicyclic amines) is 1. The molecule has 1 aromatic carbocycles. The number of carbonyl (C=O) groups excluding carboxylic acids is 3. The van der Waals surface area contributed by atoms with Crippen molar-refractivity contribution in [2.45, 2.75) is 71.0 Å². The van der Waals surface area contributed by atoms with E-state index in [9.17, 15) is 27.6 Å². The van der Waals surface area contributed by atoms with Gasteiger partial charge in [0.15, 0.2) is 0 Å². The van der Waals surface area contributed by atoms with Crippen LogP contribution < -0.4 is 0 Å². The highest BCUT2D eigenvalue weighted by atomic mass is 32.1. The third-order valence-corrected chi connectivity index (χ3v) is 6.58. The molecular formula is C22H28F3NO3S. The van der Waals surface area contributed by atoms with Crippen LogP contribution in [0.1, 0.15) is 64.0 Å². The molecule has 30 heavy (non-hydrogen) atoms. The largest absolute Gasteiger partial charge is 0.416 e. The summed E-state index contributed by atoms with van der Waals surface area (Å²) >= 11 is 4.03. The molecule has 0 aromatic heterocycles. The minimum atomic E-state index is -4.38. The lowest BCUT2D eigenvalue weighted by Crippen LogP contribution is -2.55. The molecule has 0 radical (unpaired) electrons. The van der Waals surface area contributed by atoms with Gasteiger partial charge in [-0.25, -0.2) is 0 Å². The molecule has 0 unspecified atom stereocenters. The number of rotatable bonds is 8. The van der Waals surface area contributed by atoms with Crippen LogP contribution in [0.2, 0.25) is 0 Å². The van der Waals surface area contributed by atoms with Crippen molar-refractivity contribution >= 4 is 29.4 Å². The van der Waals surface area contributed by atoms with Gasteiger partial charge in [-0.2, -0.15) is 13.2 Å². The Morgan fingerprint density at radius 3 is 2.23 bits per heavy atom. The molecule has 166 valence electrons. The molecule has 1 aromatic rings. The van der Waals surface area contributed by atoms with Gasteiger partial charge in [0.1, 0.15) is 5.54 Å². The molecule has 2 rings (SSSR count). The zero-order valence-electron chi connectivity index (χ0n) is 17.5. The SMILES string of the molecule is CCC(C)(C)C(=O)C(=O)N1CCC[C@@]1(CCCc1ccc(C(F)(F)F)cc1)C(=O)S. The van der Waals surface area contributed by atoms with Crippen molar-refractivity contribution in [2.75, 3.05) is 6.54 Å². The minimum absolute atomic E-state index is 0.307. The van der Waals surface area contributed by atoms with Crippen LogP contribution >= 0.6 is 12.6 Å². The maximum Gasteiger partial charge on any atom is 0.416 e. The van der Waals surface area contributed by atoms with Gasteiger partial charge < -0.3 is 4.90 Å². The Morgan fingerprint density at radius 1 is 1.13 bits per heavy atom. The topological polar surface area (TPSA) is 54.5 Å². The molecule has 1 aliphatic heterocycles. The van der Waals surface area contributed by atoms with E-state index in [1.807, 2.05) is 6.92 Å². The van der Waals surface area contributed by atoms with Crippen molar-refractivity contribution in [3.05, 3.63) is 35.4 Å². The summed E-state index contributed by atoms with van der Waals surface area (Å²) < 4.78 is 38.1. The van der Waals surface area contributed by atoms with Crippen molar-refractivity contribution in [3.63, 3.8) is 0 Å². The van der Waals surface area contributed by atoms with Crippen molar-refractivity contribution < 1.29 is 27.6 Å². The van der Waals surface area contributed by atoms with E-state index < -0.39 is 39.5 Å². The first kappa shape index (κ1) is 24.4. The van der Waals surface area contributed by atoms with Crippen LogP contribution in [0.5, 0.6) is 0 Å². The first-order chi connectivity index (χ1) is 13.8. The standard InChI is InChI=1S/C22H28F3NO3S/c1-4-20(2,3)17(27)18(28)26-14-6-13-21(26,19(29)30)12-5-7-15-8-10-16(11-9-15)22(23,24)25/h8-11H,4-7,12-14H2,1-3H3,(H,29,30)/t21-/m0/s1. The summed E-state index contributed by atoms with van der Waals surface area (Å²) in [5.74, 6) is -1.18. The first-order valence-electron chi connectivity index (χ1n) is 10.1. The van der Waals surface area contributed by atoms with Crippen LogP contribution in [-0.4, -0.2) is 33.8 Å². The van der Waals surface area contributed by atoms with Crippen LogP contribution in [0.3, 0.4) is 0 Å². The smallest absolute Gasteiger partial charge is 0.322 e. The molecule has 1 heterocycles. The summed E-state index contributed by atoms with van der Waals surface area (Å²) in [5, 5.41) is -0.456. The highest BCUT2D eigenvalue weighted by Gasteiger charge is 2.50. The second-order valence-electron chi connectivity index (χ2n) is 8.51. The molecule has 4 nitrogen and oxygen atoms in total. The van der Waals surface area contributed by atoms with Crippen LogP contribution in [-0.2, 0) is 27.0 Å². The third kappa shape index (κ3) is 5.07. The normalized spacial score (nSPS) is 19.8. The number of hydrogen-bond acceptors (Lipinski definition) is 3. The van der Waals surface area contributed by atoms with Gasteiger partial charge in [0, 0.05) is 12.0 Å². The summed E-state index contributed by atoms with van der Waals surface area (Å²) in [6.45, 7) is 5.56. The number of benzene rings is 1. The van der Waals surface area contributed by atoms with Crippen LogP contribution in [0.4, 0.5) is 13.2 Å². The van der Waals surface area contributed by atoms with Gasteiger partial charge >= 0.3 is 6.18 Å². The Hall–Kier alpha value is -1.83. The van der Waals surface area contributed by atoms with E-state index in [-0.39, 0.29) is 0 Å². The third-order valence-electron chi connectivity index (χ3n) is 6.16. The van der Waals surface area contributed by atoms with Crippen LogP contribution in [0, 0.1) is 5.41 Å². The summed E-state index contributed by atoms with van der Waals surface area (Å²) in [5.41, 5.74) is -1.96. The van der Waals surface area contributed by atoms with E-state index in [0.717, 1.165) is 12.1 Å². The van der Waals surface area contributed by atoms with E-state index >= 15 is 0 Å². The van der Waals surface area contributed by atoms with Gasteiger partial charge in [0.2, 0.25) is 10.9 Å². The summed E-state index contributed by atoms with van der Waals surface area (Å²) in [4.78, 5) is 39.4. The monoisotopic (exact) mass is 443 g/mol. The van der Waals surface area contributed by atoms with Crippen molar-refractivity contribution in [3.8, 4) is 0 Å². The highest BCUT2D eigenvalue weighted by molar-refractivity contribution is 7.96. The maximum atomic E-state index is 12.9. The van der Waals surface area contributed by atoms with Crippen LogP contribution in [0.25, 0.3) is 0 Å². The number of amides is 1. The van der Waals surface area contributed by atoms with E-state index in [1.54, 1.807) is 13.8 Å². The fraction of sp³-hybridized carbons (Fsp3) is 0.591. The molecule has 1 aliphatic rings. The maximum absolute atomic E-state index is 12.9. The average Bonchev–Trinajstić information content (AvgIpc) is 3.11. The lowest BCUT2D eigenvalue weighted by atomic mass is 9.83. The van der Waals surface area contributed by atoms with Crippen molar-refractivity contribution in [2.24, 2.45) is 5.41 Å². The Kier molecular flexibility index (Phi) is 7.43. The predicted molar refractivity (Wildman–Crippen MR) is 111 cm³/mol. The minimum Gasteiger partial charge on any atom is -0.322 e. The lowest BCUT2D eigenvalue weighted by Gasteiger charge is -2.37. The lowest BCUT2D eigenvalue weighted by molar-refractivity contribution is -0.153. The molecule has 0 N–H and O–H groups in total. The fourth-order valence-electron chi connectivity index (χ4n) is 3.78. The molecule has 0 saturated carbocycles. The van der Waals surface area contributed by atoms with E-state index in [2.05, 4.69) is 12.6 Å². The van der Waals surface area contributed by atoms with Crippen molar-refractivity contribution in [1.82, 2.24) is 4.90 Å². The van der Waals surface area contributed by atoms with E-state index in [4.69, 9.17) is 0 Å². The number of alkyl halides is 3. The Morgan fingerprint density at radius 2 is 1.73 bits per heavy atom. The van der Waals surface area contributed by atoms with Gasteiger partial charge in [-0.3, -0.25) is 14.4 Å². The first-order valence-corrected chi connectivity index (χ1v) is 10.6. The van der Waals surface area contributed by atoms with E-state index in [1.165, 1.54) is 17.0 Å². The molecule has 1 saturated heterocycles. The predicted octanol–water partition coefficient (Wildman–Crippen LogP) is 4.85. The Bertz CT molecular complexity index is 805. The number of halogens is 3. The molecule has 1 atom stereocenters. The molecule has 1 amide bonds. The zero-order chi connectivity index (χ0) is 22.7. The van der Waals surface area contributed by atoms with Gasteiger partial charge in [-0.05, 0) is 56.2 Å². The number of aryl methyl sites for hydroxylation is 1. The molecule has 8 heteroatoms. The number of hydrogen-bond donors (Lipinski definition) is 1. The number of Topliss-reactive ketones (excluding diaryl/α,β-unsaturated/α-hetero) is 1. The highest BCUT2D eigenvalue weighted by Crippen LogP contribution is 2.38. The number of ketones is 1. The second kappa shape index (κ2) is 9.12. The van der Waals surface area contributed by atoms with E-state index in [0.29, 0.717) is 50.6 Å². The second-order valence-corrected chi connectivity index (χ2v) is 8.92. The Balaban J connectivity index is 2.12. The van der Waals surface area contributed by atoms with Gasteiger partial charge in [0.05, 0.1) is 5.56 Å². The van der Waals surface area contributed by atoms with Crippen LogP contribution in [0.15, 0.2) is 24.3 Å². The fourth-order valence-corrected chi connectivity index (χ4v) is 4.13. The molecule has 0 bridgehead atoms.